The van der Waals surface area contributed by atoms with E-state index in [-0.39, 0.29) is 23.1 Å². The quantitative estimate of drug-likeness (QED) is 0.645. The van der Waals surface area contributed by atoms with Gasteiger partial charge in [0.1, 0.15) is 0 Å². The third-order valence-corrected chi connectivity index (χ3v) is 2.60. The van der Waals surface area contributed by atoms with Crippen LogP contribution in [-0.2, 0) is 4.79 Å². The minimum atomic E-state index is -0.256. The Kier molecular flexibility index (Phi) is 2.52. The number of nitrogens with zero attached hydrogens (tertiary/aromatic N) is 1. The third kappa shape index (κ3) is 1.72. The van der Waals surface area contributed by atoms with E-state index in [0.29, 0.717) is 0 Å². The second-order valence-corrected chi connectivity index (χ2v) is 4.80. The van der Waals surface area contributed by atoms with Gasteiger partial charge in [0.05, 0.1) is 5.92 Å². The molecule has 0 bridgehead atoms. The van der Waals surface area contributed by atoms with E-state index in [1.807, 2.05) is 34.6 Å². The van der Waals surface area contributed by atoms with Crippen LogP contribution in [0.5, 0.6) is 0 Å². The fourth-order valence-corrected chi connectivity index (χ4v) is 1.76. The highest BCUT2D eigenvalue weighted by molar-refractivity contribution is 6.05. The summed E-state index contributed by atoms with van der Waals surface area (Å²) in [6, 6.07) is 0. The van der Waals surface area contributed by atoms with Crippen molar-refractivity contribution in [2.75, 3.05) is 0 Å². The van der Waals surface area contributed by atoms with Gasteiger partial charge in [-0.05, 0) is 19.3 Å². The highest BCUT2D eigenvalue weighted by atomic mass is 16.3. The summed E-state index contributed by atoms with van der Waals surface area (Å²) < 4.78 is 0. The maximum atomic E-state index is 11.3. The van der Waals surface area contributed by atoms with Gasteiger partial charge < -0.3 is 5.11 Å². The molecule has 1 rings (SSSR count). The Morgan fingerprint density at radius 3 is 2.29 bits per heavy atom. The molecule has 0 aromatic rings. The molecular weight excluding hydrogens is 178 g/mol. The molecule has 0 aromatic carbocycles. The number of amides is 1. The first kappa shape index (κ1) is 11.0. The zero-order chi connectivity index (χ0) is 11.1. The second kappa shape index (κ2) is 3.23. The van der Waals surface area contributed by atoms with Crippen molar-refractivity contribution in [3.8, 4) is 0 Å². The van der Waals surface area contributed by atoms with E-state index in [0.717, 1.165) is 11.1 Å². The summed E-state index contributed by atoms with van der Waals surface area (Å²) in [6.45, 7) is 9.70. The molecule has 1 unspecified atom stereocenters. The summed E-state index contributed by atoms with van der Waals surface area (Å²) in [7, 11) is 0. The number of rotatable bonds is 0. The van der Waals surface area contributed by atoms with Crippen molar-refractivity contribution in [3.63, 3.8) is 0 Å². The number of aliphatic hydroxyl groups is 1. The summed E-state index contributed by atoms with van der Waals surface area (Å²) in [5, 5.41) is 9.63. The highest BCUT2D eigenvalue weighted by Crippen LogP contribution is 2.34. The van der Waals surface area contributed by atoms with Gasteiger partial charge in [-0.15, -0.1) is 0 Å². The number of aliphatic imine (C=N–C) groups is 1. The molecule has 1 aliphatic heterocycles. The van der Waals surface area contributed by atoms with Crippen molar-refractivity contribution in [2.24, 2.45) is 16.3 Å². The smallest absolute Gasteiger partial charge is 0.255 e. The van der Waals surface area contributed by atoms with Gasteiger partial charge in [0, 0.05) is 5.57 Å². The Labute approximate surface area is 84.5 Å². The lowest BCUT2D eigenvalue weighted by molar-refractivity contribution is -0.120. The van der Waals surface area contributed by atoms with Crippen molar-refractivity contribution in [1.29, 1.82) is 0 Å². The molecule has 1 aliphatic rings. The summed E-state index contributed by atoms with van der Waals surface area (Å²) in [6.07, 6.45) is 0. The average molecular weight is 195 g/mol. The zero-order valence-electron chi connectivity index (χ0n) is 9.38. The van der Waals surface area contributed by atoms with Crippen LogP contribution in [0.3, 0.4) is 0 Å². The lowest BCUT2D eigenvalue weighted by atomic mass is 9.79. The van der Waals surface area contributed by atoms with Crippen LogP contribution in [0.4, 0.5) is 0 Å². The number of aliphatic hydroxyl groups excluding tert-OH is 1. The number of hydrogen-bond donors (Lipinski definition) is 1. The van der Waals surface area contributed by atoms with Crippen LogP contribution in [0, 0.1) is 11.3 Å². The molecular formula is C11H17NO2. The Morgan fingerprint density at radius 2 is 1.86 bits per heavy atom. The monoisotopic (exact) mass is 195 g/mol. The standard InChI is InChI=1S/C11H17NO2/c1-6-7(2)9(13)12-10(14)8(6)11(3,4)5/h7H,1-5H3,(H,12,13,14). The van der Waals surface area contributed by atoms with Crippen LogP contribution < -0.4 is 0 Å². The molecule has 0 fully saturated rings. The SMILES string of the molecule is CC1=C(C(C)(C)C)C(O)=NC(=O)C1C. The third-order valence-electron chi connectivity index (χ3n) is 2.60. The van der Waals surface area contributed by atoms with E-state index in [1.54, 1.807) is 0 Å². The first-order chi connectivity index (χ1) is 6.25. The van der Waals surface area contributed by atoms with E-state index in [9.17, 15) is 9.90 Å². The van der Waals surface area contributed by atoms with E-state index < -0.39 is 0 Å². The molecule has 1 amide bonds. The van der Waals surface area contributed by atoms with Crippen molar-refractivity contribution >= 4 is 11.8 Å². The Bertz CT molecular complexity index is 332. The minimum Gasteiger partial charge on any atom is -0.493 e. The van der Waals surface area contributed by atoms with Gasteiger partial charge >= 0.3 is 0 Å². The van der Waals surface area contributed by atoms with Gasteiger partial charge in [0.2, 0.25) is 5.90 Å². The van der Waals surface area contributed by atoms with Crippen molar-refractivity contribution in [3.05, 3.63) is 11.1 Å². The number of dihydropyridines is 1. The molecule has 0 aliphatic carbocycles. The Balaban J connectivity index is 3.28. The first-order valence-electron chi connectivity index (χ1n) is 4.78. The molecule has 3 nitrogen and oxygen atoms in total. The summed E-state index contributed by atoms with van der Waals surface area (Å²) in [4.78, 5) is 14.9. The van der Waals surface area contributed by atoms with Gasteiger partial charge in [0.25, 0.3) is 5.91 Å². The first-order valence-corrected chi connectivity index (χ1v) is 4.78. The number of carbonyl (C=O) groups excluding carboxylic acids is 1. The van der Waals surface area contributed by atoms with E-state index in [4.69, 9.17) is 0 Å². The molecule has 1 atom stereocenters. The average Bonchev–Trinajstić information content (AvgIpc) is 1.97. The molecule has 0 saturated carbocycles. The van der Waals surface area contributed by atoms with Crippen LogP contribution in [0.1, 0.15) is 34.6 Å². The Morgan fingerprint density at radius 1 is 1.36 bits per heavy atom. The summed E-state index contributed by atoms with van der Waals surface area (Å²) in [5.74, 6) is -0.578. The van der Waals surface area contributed by atoms with E-state index in [2.05, 4.69) is 4.99 Å². The molecule has 1 heterocycles. The normalized spacial score (nSPS) is 23.9. The summed E-state index contributed by atoms with van der Waals surface area (Å²) in [5.41, 5.74) is 1.55. The van der Waals surface area contributed by atoms with E-state index in [1.165, 1.54) is 0 Å². The molecule has 3 heteroatoms. The van der Waals surface area contributed by atoms with Crippen LogP contribution in [0.25, 0.3) is 0 Å². The fourth-order valence-electron chi connectivity index (χ4n) is 1.76. The predicted molar refractivity (Wildman–Crippen MR) is 56.4 cm³/mol. The molecule has 0 radical (unpaired) electrons. The predicted octanol–water partition coefficient (Wildman–Crippen LogP) is 2.48. The van der Waals surface area contributed by atoms with Gasteiger partial charge in [-0.2, -0.15) is 4.99 Å². The topological polar surface area (TPSA) is 49.7 Å². The molecule has 1 N–H and O–H groups in total. The van der Waals surface area contributed by atoms with Crippen LogP contribution >= 0.6 is 0 Å². The lowest BCUT2D eigenvalue weighted by Gasteiger charge is -2.28. The molecule has 14 heavy (non-hydrogen) atoms. The summed E-state index contributed by atoms with van der Waals surface area (Å²) >= 11 is 0. The number of carbonyl (C=O) groups is 1. The maximum Gasteiger partial charge on any atom is 0.255 e. The number of hydrogen-bond acceptors (Lipinski definition) is 1. The van der Waals surface area contributed by atoms with E-state index >= 15 is 0 Å². The van der Waals surface area contributed by atoms with Crippen LogP contribution in [0.15, 0.2) is 16.1 Å². The highest BCUT2D eigenvalue weighted by Gasteiger charge is 2.32. The molecule has 0 saturated heterocycles. The van der Waals surface area contributed by atoms with Crippen molar-refractivity contribution in [1.82, 2.24) is 0 Å². The zero-order valence-corrected chi connectivity index (χ0v) is 9.38. The van der Waals surface area contributed by atoms with Crippen LogP contribution in [-0.4, -0.2) is 16.9 Å². The fraction of sp³-hybridized carbons (Fsp3) is 0.636. The largest absolute Gasteiger partial charge is 0.493 e. The Hall–Kier alpha value is -1.12. The minimum absolute atomic E-state index is 0.113. The van der Waals surface area contributed by atoms with Crippen molar-refractivity contribution < 1.29 is 9.90 Å². The molecule has 0 aromatic heterocycles. The van der Waals surface area contributed by atoms with Gasteiger partial charge in [0.15, 0.2) is 0 Å². The molecule has 78 valence electrons. The lowest BCUT2D eigenvalue weighted by Crippen LogP contribution is -2.28. The van der Waals surface area contributed by atoms with Gasteiger partial charge in [-0.3, -0.25) is 4.79 Å². The van der Waals surface area contributed by atoms with Gasteiger partial charge in [-0.1, -0.05) is 26.3 Å². The second-order valence-electron chi connectivity index (χ2n) is 4.80. The maximum absolute atomic E-state index is 11.3. The van der Waals surface area contributed by atoms with Crippen LogP contribution in [0.2, 0.25) is 0 Å². The van der Waals surface area contributed by atoms with Crippen molar-refractivity contribution in [2.45, 2.75) is 34.6 Å². The van der Waals surface area contributed by atoms with Gasteiger partial charge in [-0.25, -0.2) is 0 Å². The molecule has 0 spiro atoms.